The molecule has 0 radical (unpaired) electrons. The molecule has 7 heteroatoms. The van der Waals surface area contributed by atoms with E-state index in [0.717, 1.165) is 25.7 Å². The maximum atomic E-state index is 12.1. The van der Waals surface area contributed by atoms with Crippen molar-refractivity contribution in [1.82, 2.24) is 14.7 Å². The van der Waals surface area contributed by atoms with Crippen LogP contribution in [0.2, 0.25) is 0 Å². The SMILES string of the molecule is CCCCCC(C)NS(=O)(=O)c1cnc(NC)nc1. The quantitative estimate of drug-likeness (QED) is 0.711. The predicted octanol–water partition coefficient (Wildman–Crippen LogP) is 1.77. The van der Waals surface area contributed by atoms with Gasteiger partial charge >= 0.3 is 0 Å². The molecular formula is C12H22N4O2S. The second-order valence-corrected chi connectivity index (χ2v) is 6.22. The number of aromatic nitrogens is 2. The number of nitrogens with one attached hydrogen (secondary N) is 2. The maximum Gasteiger partial charge on any atom is 0.243 e. The molecule has 0 bridgehead atoms. The highest BCUT2D eigenvalue weighted by atomic mass is 32.2. The lowest BCUT2D eigenvalue weighted by Gasteiger charge is -2.13. The summed E-state index contributed by atoms with van der Waals surface area (Å²) in [7, 11) is -1.85. The van der Waals surface area contributed by atoms with Crippen LogP contribution in [-0.2, 0) is 10.0 Å². The van der Waals surface area contributed by atoms with Gasteiger partial charge in [-0.25, -0.2) is 23.1 Å². The first kappa shape index (κ1) is 15.8. The zero-order valence-corrected chi connectivity index (χ0v) is 12.5. The van der Waals surface area contributed by atoms with Crippen LogP contribution >= 0.6 is 0 Å². The van der Waals surface area contributed by atoms with E-state index in [0.29, 0.717) is 5.95 Å². The van der Waals surface area contributed by atoms with Crippen molar-refractivity contribution < 1.29 is 8.42 Å². The van der Waals surface area contributed by atoms with E-state index in [2.05, 4.69) is 26.9 Å². The number of anilines is 1. The number of unbranched alkanes of at least 4 members (excludes halogenated alkanes) is 2. The van der Waals surface area contributed by atoms with E-state index < -0.39 is 10.0 Å². The van der Waals surface area contributed by atoms with Crippen molar-refractivity contribution in [3.63, 3.8) is 0 Å². The van der Waals surface area contributed by atoms with E-state index in [-0.39, 0.29) is 10.9 Å². The lowest BCUT2D eigenvalue weighted by Crippen LogP contribution is -2.32. The number of hydrogen-bond donors (Lipinski definition) is 2. The molecule has 1 atom stereocenters. The van der Waals surface area contributed by atoms with Gasteiger partial charge < -0.3 is 5.32 Å². The lowest BCUT2D eigenvalue weighted by molar-refractivity contribution is 0.527. The molecule has 1 heterocycles. The van der Waals surface area contributed by atoms with E-state index in [1.165, 1.54) is 12.4 Å². The van der Waals surface area contributed by atoms with Gasteiger partial charge in [-0.15, -0.1) is 0 Å². The maximum absolute atomic E-state index is 12.1. The van der Waals surface area contributed by atoms with Gasteiger partial charge in [-0.1, -0.05) is 26.2 Å². The Labute approximate surface area is 115 Å². The fourth-order valence-electron chi connectivity index (χ4n) is 1.68. The Morgan fingerprint density at radius 2 is 1.89 bits per heavy atom. The van der Waals surface area contributed by atoms with Crippen LogP contribution in [0.1, 0.15) is 39.5 Å². The highest BCUT2D eigenvalue weighted by molar-refractivity contribution is 7.89. The normalized spacial score (nSPS) is 13.2. The zero-order valence-electron chi connectivity index (χ0n) is 11.7. The molecule has 0 aliphatic heterocycles. The van der Waals surface area contributed by atoms with Crippen LogP contribution in [0.25, 0.3) is 0 Å². The van der Waals surface area contributed by atoms with E-state index >= 15 is 0 Å². The van der Waals surface area contributed by atoms with Gasteiger partial charge in [0.05, 0.1) is 12.4 Å². The van der Waals surface area contributed by atoms with Crippen molar-refractivity contribution in [2.75, 3.05) is 12.4 Å². The molecule has 0 aliphatic rings. The highest BCUT2D eigenvalue weighted by Gasteiger charge is 2.18. The van der Waals surface area contributed by atoms with Crippen LogP contribution in [0.15, 0.2) is 17.3 Å². The summed E-state index contributed by atoms with van der Waals surface area (Å²) in [6.45, 7) is 3.99. The van der Waals surface area contributed by atoms with E-state index in [9.17, 15) is 8.42 Å². The molecule has 0 aliphatic carbocycles. The molecule has 1 aromatic rings. The minimum atomic E-state index is -3.52. The molecule has 108 valence electrons. The summed E-state index contributed by atoms with van der Waals surface area (Å²) < 4.78 is 26.8. The Balaban J connectivity index is 2.63. The first-order chi connectivity index (χ1) is 8.99. The summed E-state index contributed by atoms with van der Waals surface area (Å²) in [5.41, 5.74) is 0. The molecule has 1 unspecified atom stereocenters. The van der Waals surface area contributed by atoms with Crippen LogP contribution in [0.5, 0.6) is 0 Å². The van der Waals surface area contributed by atoms with Gasteiger partial charge in [-0.3, -0.25) is 0 Å². The zero-order chi connectivity index (χ0) is 14.3. The number of rotatable bonds is 8. The monoisotopic (exact) mass is 286 g/mol. The second kappa shape index (κ2) is 7.40. The minimum Gasteiger partial charge on any atom is -0.357 e. The molecule has 19 heavy (non-hydrogen) atoms. The molecule has 0 spiro atoms. The Bertz CT molecular complexity index is 473. The molecule has 1 aromatic heterocycles. The van der Waals surface area contributed by atoms with Crippen LogP contribution in [0.4, 0.5) is 5.95 Å². The summed E-state index contributed by atoms with van der Waals surface area (Å²) in [5, 5.41) is 2.74. The Kier molecular flexibility index (Phi) is 6.17. The molecule has 0 aromatic carbocycles. The number of nitrogens with zero attached hydrogens (tertiary/aromatic N) is 2. The molecular weight excluding hydrogens is 264 g/mol. The molecule has 6 nitrogen and oxygen atoms in total. The van der Waals surface area contributed by atoms with Crippen molar-refractivity contribution in [1.29, 1.82) is 0 Å². The van der Waals surface area contributed by atoms with Gasteiger partial charge in [0.1, 0.15) is 4.90 Å². The number of sulfonamides is 1. The first-order valence-electron chi connectivity index (χ1n) is 6.51. The standard InChI is InChI=1S/C12H22N4O2S/c1-4-5-6-7-10(2)16-19(17,18)11-8-14-12(13-3)15-9-11/h8-10,16H,4-7H2,1-3H3,(H,13,14,15). The smallest absolute Gasteiger partial charge is 0.243 e. The van der Waals surface area contributed by atoms with Crippen LogP contribution in [0.3, 0.4) is 0 Å². The third-order valence-electron chi connectivity index (χ3n) is 2.76. The molecule has 1 rings (SSSR count). The van der Waals surface area contributed by atoms with Gasteiger partial charge in [0, 0.05) is 13.1 Å². The van der Waals surface area contributed by atoms with Gasteiger partial charge in [-0.05, 0) is 13.3 Å². The fourth-order valence-corrected chi connectivity index (χ4v) is 2.84. The highest BCUT2D eigenvalue weighted by Crippen LogP contribution is 2.10. The van der Waals surface area contributed by atoms with Crippen molar-refractivity contribution in [2.45, 2.75) is 50.5 Å². The topological polar surface area (TPSA) is 84.0 Å². The Morgan fingerprint density at radius 3 is 2.42 bits per heavy atom. The van der Waals surface area contributed by atoms with Gasteiger partial charge in [0.2, 0.25) is 16.0 Å². The Hall–Kier alpha value is -1.21. The van der Waals surface area contributed by atoms with Gasteiger partial charge in [0.15, 0.2) is 0 Å². The average Bonchev–Trinajstić information content (AvgIpc) is 2.38. The molecule has 0 amide bonds. The first-order valence-corrected chi connectivity index (χ1v) is 8.00. The van der Waals surface area contributed by atoms with Gasteiger partial charge in [-0.2, -0.15) is 0 Å². The molecule has 2 N–H and O–H groups in total. The predicted molar refractivity (Wildman–Crippen MR) is 75.5 cm³/mol. The van der Waals surface area contributed by atoms with Crippen LogP contribution in [0, 0.1) is 0 Å². The van der Waals surface area contributed by atoms with E-state index in [1.807, 2.05) is 6.92 Å². The van der Waals surface area contributed by atoms with Crippen LogP contribution in [-0.4, -0.2) is 31.5 Å². The lowest BCUT2D eigenvalue weighted by atomic mass is 10.1. The summed E-state index contributed by atoms with van der Waals surface area (Å²) >= 11 is 0. The summed E-state index contributed by atoms with van der Waals surface area (Å²) in [4.78, 5) is 7.90. The largest absolute Gasteiger partial charge is 0.357 e. The van der Waals surface area contributed by atoms with Crippen molar-refractivity contribution in [2.24, 2.45) is 0 Å². The Morgan fingerprint density at radius 1 is 1.26 bits per heavy atom. The van der Waals surface area contributed by atoms with Crippen molar-refractivity contribution in [3.8, 4) is 0 Å². The minimum absolute atomic E-state index is 0.0828. The molecule has 0 saturated heterocycles. The molecule has 0 saturated carbocycles. The van der Waals surface area contributed by atoms with Crippen molar-refractivity contribution >= 4 is 16.0 Å². The third kappa shape index (κ3) is 5.12. The van der Waals surface area contributed by atoms with Crippen LogP contribution < -0.4 is 10.0 Å². The van der Waals surface area contributed by atoms with Crippen molar-refractivity contribution in [3.05, 3.63) is 12.4 Å². The summed E-state index contributed by atoms with van der Waals surface area (Å²) in [6.07, 6.45) is 6.71. The average molecular weight is 286 g/mol. The molecule has 0 fully saturated rings. The van der Waals surface area contributed by atoms with E-state index in [4.69, 9.17) is 0 Å². The summed E-state index contributed by atoms with van der Waals surface area (Å²) in [6, 6.07) is -0.0828. The van der Waals surface area contributed by atoms with E-state index in [1.54, 1.807) is 7.05 Å². The fraction of sp³-hybridized carbons (Fsp3) is 0.667. The number of hydrogen-bond acceptors (Lipinski definition) is 5. The summed E-state index contributed by atoms with van der Waals surface area (Å²) in [5.74, 6) is 0.398. The van der Waals surface area contributed by atoms with Gasteiger partial charge in [0.25, 0.3) is 0 Å². The third-order valence-corrected chi connectivity index (χ3v) is 4.30. The second-order valence-electron chi connectivity index (χ2n) is 4.51.